The Morgan fingerprint density at radius 1 is 1.62 bits per heavy atom. The molecule has 78 valence electrons. The van der Waals surface area contributed by atoms with Gasteiger partial charge in [-0.1, -0.05) is 0 Å². The van der Waals surface area contributed by atoms with Crippen molar-refractivity contribution < 1.29 is 9.47 Å². The molecule has 1 heterocycles. The third-order valence-electron chi connectivity index (χ3n) is 2.64. The van der Waals surface area contributed by atoms with E-state index in [4.69, 9.17) is 9.47 Å². The van der Waals surface area contributed by atoms with Gasteiger partial charge in [0.25, 0.3) is 0 Å². The average Bonchev–Trinajstić information content (AvgIpc) is 2.21. The molecule has 13 heavy (non-hydrogen) atoms. The van der Waals surface area contributed by atoms with Crippen LogP contribution in [-0.4, -0.2) is 39.5 Å². The Hall–Kier alpha value is -0.120. The zero-order valence-electron chi connectivity index (χ0n) is 8.71. The van der Waals surface area contributed by atoms with E-state index in [0.29, 0.717) is 12.0 Å². The number of rotatable bonds is 5. The van der Waals surface area contributed by atoms with E-state index in [2.05, 4.69) is 5.32 Å². The van der Waals surface area contributed by atoms with Crippen LogP contribution in [0.4, 0.5) is 0 Å². The zero-order valence-corrected chi connectivity index (χ0v) is 8.71. The van der Waals surface area contributed by atoms with Crippen LogP contribution < -0.4 is 5.32 Å². The lowest BCUT2D eigenvalue weighted by molar-refractivity contribution is 0.0181. The van der Waals surface area contributed by atoms with E-state index in [-0.39, 0.29) is 0 Å². The smallest absolute Gasteiger partial charge is 0.0622 e. The van der Waals surface area contributed by atoms with E-state index >= 15 is 0 Å². The van der Waals surface area contributed by atoms with Crippen molar-refractivity contribution in [1.29, 1.82) is 0 Å². The fourth-order valence-corrected chi connectivity index (χ4v) is 1.78. The van der Waals surface area contributed by atoms with E-state index in [9.17, 15) is 0 Å². The highest BCUT2D eigenvalue weighted by molar-refractivity contribution is 4.76. The van der Waals surface area contributed by atoms with E-state index in [0.717, 1.165) is 26.4 Å². The number of hydrogen-bond acceptors (Lipinski definition) is 3. The Bertz CT molecular complexity index is 124. The molecule has 1 saturated heterocycles. The second-order valence-corrected chi connectivity index (χ2v) is 3.53. The summed E-state index contributed by atoms with van der Waals surface area (Å²) in [6, 6.07) is 0.459. The van der Waals surface area contributed by atoms with Crippen molar-refractivity contribution in [3.63, 3.8) is 0 Å². The van der Waals surface area contributed by atoms with E-state index in [1.807, 2.05) is 14.0 Å². The van der Waals surface area contributed by atoms with Crippen LogP contribution in [0.1, 0.15) is 19.8 Å². The Kier molecular flexibility index (Phi) is 5.35. The Labute approximate surface area is 80.8 Å². The fourth-order valence-electron chi connectivity index (χ4n) is 1.78. The van der Waals surface area contributed by atoms with Crippen LogP contribution in [0, 0.1) is 5.92 Å². The molecule has 0 aromatic rings. The molecule has 3 nitrogen and oxygen atoms in total. The van der Waals surface area contributed by atoms with Crippen LogP contribution in [-0.2, 0) is 9.47 Å². The predicted molar refractivity (Wildman–Crippen MR) is 52.9 cm³/mol. The van der Waals surface area contributed by atoms with Crippen molar-refractivity contribution in [2.75, 3.05) is 33.5 Å². The first-order valence-corrected chi connectivity index (χ1v) is 5.21. The summed E-state index contributed by atoms with van der Waals surface area (Å²) >= 11 is 0. The quantitative estimate of drug-likeness (QED) is 0.697. The topological polar surface area (TPSA) is 30.5 Å². The standard InChI is InChI=1S/C10H21NO2/c1-3-12-8-10(11-2)9-5-4-6-13-7-9/h9-11H,3-8H2,1-2H3. The maximum Gasteiger partial charge on any atom is 0.0622 e. The summed E-state index contributed by atoms with van der Waals surface area (Å²) in [5.41, 5.74) is 0. The third-order valence-corrected chi connectivity index (χ3v) is 2.64. The summed E-state index contributed by atoms with van der Waals surface area (Å²) in [7, 11) is 2.00. The summed E-state index contributed by atoms with van der Waals surface area (Å²) in [5.74, 6) is 0.630. The molecule has 0 saturated carbocycles. The van der Waals surface area contributed by atoms with Crippen LogP contribution in [0.3, 0.4) is 0 Å². The molecule has 0 aromatic heterocycles. The van der Waals surface area contributed by atoms with E-state index < -0.39 is 0 Å². The molecule has 1 aliphatic heterocycles. The van der Waals surface area contributed by atoms with Crippen molar-refractivity contribution in [2.24, 2.45) is 5.92 Å². The Balaban J connectivity index is 2.26. The Morgan fingerprint density at radius 2 is 2.46 bits per heavy atom. The SMILES string of the molecule is CCOCC(NC)C1CCCOC1. The second kappa shape index (κ2) is 6.35. The lowest BCUT2D eigenvalue weighted by atomic mass is 9.94. The molecule has 0 amide bonds. The summed E-state index contributed by atoms with van der Waals surface area (Å²) in [6.45, 7) is 5.46. The molecule has 0 bridgehead atoms. The molecule has 0 spiro atoms. The molecule has 0 aromatic carbocycles. The maximum absolute atomic E-state index is 5.45. The van der Waals surface area contributed by atoms with Gasteiger partial charge in [0.2, 0.25) is 0 Å². The van der Waals surface area contributed by atoms with Gasteiger partial charge in [-0.25, -0.2) is 0 Å². The minimum absolute atomic E-state index is 0.459. The normalized spacial score (nSPS) is 25.8. The molecule has 1 rings (SSSR count). The molecular weight excluding hydrogens is 166 g/mol. The highest BCUT2D eigenvalue weighted by Crippen LogP contribution is 2.17. The van der Waals surface area contributed by atoms with Gasteiger partial charge in [0, 0.05) is 19.3 Å². The monoisotopic (exact) mass is 187 g/mol. The van der Waals surface area contributed by atoms with Gasteiger partial charge in [-0.05, 0) is 32.7 Å². The average molecular weight is 187 g/mol. The van der Waals surface area contributed by atoms with Gasteiger partial charge in [0.15, 0.2) is 0 Å². The molecular formula is C10H21NO2. The van der Waals surface area contributed by atoms with Crippen LogP contribution in [0.25, 0.3) is 0 Å². The number of nitrogens with one attached hydrogen (secondary N) is 1. The van der Waals surface area contributed by atoms with Gasteiger partial charge >= 0.3 is 0 Å². The first-order chi connectivity index (χ1) is 6.38. The van der Waals surface area contributed by atoms with Gasteiger partial charge in [-0.2, -0.15) is 0 Å². The summed E-state index contributed by atoms with van der Waals surface area (Å²) in [4.78, 5) is 0. The predicted octanol–water partition coefficient (Wildman–Crippen LogP) is 1.04. The molecule has 3 heteroatoms. The molecule has 2 unspecified atom stereocenters. The van der Waals surface area contributed by atoms with Crippen LogP contribution in [0.2, 0.25) is 0 Å². The molecule has 1 aliphatic rings. The van der Waals surface area contributed by atoms with Crippen molar-refractivity contribution in [3.05, 3.63) is 0 Å². The van der Waals surface area contributed by atoms with Gasteiger partial charge in [0.05, 0.1) is 13.2 Å². The zero-order chi connectivity index (χ0) is 9.52. The molecule has 1 N–H and O–H groups in total. The summed E-state index contributed by atoms with van der Waals surface area (Å²) in [6.07, 6.45) is 2.45. The van der Waals surface area contributed by atoms with Gasteiger partial charge in [-0.15, -0.1) is 0 Å². The van der Waals surface area contributed by atoms with E-state index in [1.54, 1.807) is 0 Å². The van der Waals surface area contributed by atoms with Gasteiger partial charge in [-0.3, -0.25) is 0 Å². The first-order valence-electron chi connectivity index (χ1n) is 5.21. The van der Waals surface area contributed by atoms with Crippen molar-refractivity contribution in [3.8, 4) is 0 Å². The lowest BCUT2D eigenvalue weighted by Gasteiger charge is -2.29. The number of ether oxygens (including phenoxy) is 2. The highest BCUT2D eigenvalue weighted by atomic mass is 16.5. The first kappa shape index (κ1) is 11.0. The van der Waals surface area contributed by atoms with Gasteiger partial charge < -0.3 is 14.8 Å². The van der Waals surface area contributed by atoms with E-state index in [1.165, 1.54) is 12.8 Å². The summed E-state index contributed by atoms with van der Waals surface area (Å²) < 4.78 is 10.9. The fraction of sp³-hybridized carbons (Fsp3) is 1.00. The van der Waals surface area contributed by atoms with Crippen LogP contribution in [0.15, 0.2) is 0 Å². The van der Waals surface area contributed by atoms with Gasteiger partial charge in [0.1, 0.15) is 0 Å². The molecule has 0 radical (unpaired) electrons. The minimum atomic E-state index is 0.459. The maximum atomic E-state index is 5.45. The minimum Gasteiger partial charge on any atom is -0.381 e. The van der Waals surface area contributed by atoms with Crippen molar-refractivity contribution in [1.82, 2.24) is 5.32 Å². The highest BCUT2D eigenvalue weighted by Gasteiger charge is 2.22. The third kappa shape index (κ3) is 3.63. The molecule has 0 aliphatic carbocycles. The number of hydrogen-bond donors (Lipinski definition) is 1. The largest absolute Gasteiger partial charge is 0.381 e. The molecule has 2 atom stereocenters. The van der Waals surface area contributed by atoms with Crippen molar-refractivity contribution in [2.45, 2.75) is 25.8 Å². The summed E-state index contributed by atoms with van der Waals surface area (Å²) in [5, 5.41) is 3.30. The lowest BCUT2D eigenvalue weighted by Crippen LogP contribution is -2.41. The van der Waals surface area contributed by atoms with Crippen LogP contribution >= 0.6 is 0 Å². The number of likely N-dealkylation sites (N-methyl/N-ethyl adjacent to an activating group) is 1. The second-order valence-electron chi connectivity index (χ2n) is 3.53. The van der Waals surface area contributed by atoms with Crippen LogP contribution in [0.5, 0.6) is 0 Å². The molecule has 1 fully saturated rings. The Morgan fingerprint density at radius 3 is 3.00 bits per heavy atom. The van der Waals surface area contributed by atoms with Crippen molar-refractivity contribution >= 4 is 0 Å².